The standard InChI is InChI=1S/C32H43N7O4/c1-21(2)15-19-39-27-13-11-22-20-23(27)30(37-39)31(42)33-16-7-18-38(17-6-10-28(40)34-22)29(41)14-12-26-32(43-3)36-25-9-5-4-8-24(25)35-26/h4-5,8-9,21-22H,6-7,10-20H2,1-3H3,(H,33,42)(H,34,40). The van der Waals surface area contributed by atoms with Crippen LogP contribution in [0.4, 0.5) is 0 Å². The molecule has 5 rings (SSSR count). The van der Waals surface area contributed by atoms with Gasteiger partial charge in [-0.2, -0.15) is 5.10 Å². The van der Waals surface area contributed by atoms with Crippen molar-refractivity contribution in [3.63, 3.8) is 0 Å². The van der Waals surface area contributed by atoms with Crippen molar-refractivity contribution in [2.24, 2.45) is 5.92 Å². The van der Waals surface area contributed by atoms with Gasteiger partial charge in [-0.15, -0.1) is 0 Å². The van der Waals surface area contributed by atoms with E-state index in [0.29, 0.717) is 74.9 Å². The van der Waals surface area contributed by atoms with Gasteiger partial charge in [0.15, 0.2) is 5.69 Å². The first-order valence-corrected chi connectivity index (χ1v) is 15.6. The van der Waals surface area contributed by atoms with Gasteiger partial charge >= 0.3 is 0 Å². The number of para-hydroxylation sites is 2. The molecule has 2 aliphatic rings. The first-order valence-electron chi connectivity index (χ1n) is 15.6. The second kappa shape index (κ2) is 14.0. The van der Waals surface area contributed by atoms with Crippen molar-refractivity contribution >= 4 is 28.8 Å². The van der Waals surface area contributed by atoms with Crippen molar-refractivity contribution in [2.45, 2.75) is 84.2 Å². The molecule has 0 radical (unpaired) electrons. The minimum Gasteiger partial charge on any atom is -0.480 e. The van der Waals surface area contributed by atoms with Crippen molar-refractivity contribution in [2.75, 3.05) is 26.7 Å². The minimum atomic E-state index is -0.193. The highest BCUT2D eigenvalue weighted by Crippen LogP contribution is 2.26. The molecule has 2 N–H and O–H groups in total. The average molecular weight is 590 g/mol. The number of rotatable bonds is 7. The molecule has 2 bridgehead atoms. The van der Waals surface area contributed by atoms with Gasteiger partial charge in [0.2, 0.25) is 17.7 Å². The molecule has 3 aromatic rings. The van der Waals surface area contributed by atoms with Gasteiger partial charge in [0.25, 0.3) is 5.91 Å². The molecule has 1 aliphatic heterocycles. The van der Waals surface area contributed by atoms with E-state index in [1.165, 1.54) is 0 Å². The van der Waals surface area contributed by atoms with Crippen LogP contribution in [-0.2, 0) is 35.4 Å². The Morgan fingerprint density at radius 2 is 1.86 bits per heavy atom. The van der Waals surface area contributed by atoms with Crippen LogP contribution in [0.3, 0.4) is 0 Å². The second-order valence-corrected chi connectivity index (χ2v) is 11.9. The summed E-state index contributed by atoms with van der Waals surface area (Å²) in [5.74, 6) is 0.710. The maximum absolute atomic E-state index is 13.4. The van der Waals surface area contributed by atoms with E-state index in [9.17, 15) is 14.4 Å². The first kappa shape index (κ1) is 30.4. The van der Waals surface area contributed by atoms with E-state index in [0.717, 1.165) is 48.1 Å². The number of hydrogen-bond donors (Lipinski definition) is 2. The maximum atomic E-state index is 13.4. The summed E-state index contributed by atoms with van der Waals surface area (Å²) in [4.78, 5) is 50.6. The lowest BCUT2D eigenvalue weighted by Gasteiger charge is -2.25. The van der Waals surface area contributed by atoms with Crippen molar-refractivity contribution in [3.8, 4) is 5.88 Å². The number of methoxy groups -OCH3 is 1. The highest BCUT2D eigenvalue weighted by atomic mass is 16.5. The lowest BCUT2D eigenvalue weighted by atomic mass is 9.91. The summed E-state index contributed by atoms with van der Waals surface area (Å²) >= 11 is 0. The smallest absolute Gasteiger partial charge is 0.272 e. The Labute approximate surface area is 252 Å². The van der Waals surface area contributed by atoms with E-state index in [4.69, 9.17) is 9.84 Å². The molecule has 1 aromatic carbocycles. The van der Waals surface area contributed by atoms with Crippen LogP contribution in [0.5, 0.6) is 5.88 Å². The molecule has 0 spiro atoms. The monoisotopic (exact) mass is 589 g/mol. The molecule has 1 atom stereocenters. The number of hydrogen-bond acceptors (Lipinski definition) is 7. The van der Waals surface area contributed by atoms with E-state index in [1.54, 1.807) is 12.0 Å². The number of carbonyl (C=O) groups excluding carboxylic acids is 3. The molecule has 43 heavy (non-hydrogen) atoms. The van der Waals surface area contributed by atoms with E-state index < -0.39 is 0 Å². The zero-order chi connectivity index (χ0) is 30.3. The molecule has 3 amide bonds. The predicted octanol–water partition coefficient (Wildman–Crippen LogP) is 3.23. The van der Waals surface area contributed by atoms with Gasteiger partial charge in [0.05, 0.1) is 18.1 Å². The van der Waals surface area contributed by atoms with Crippen molar-refractivity contribution in [3.05, 3.63) is 46.9 Å². The number of ether oxygens (including phenoxy) is 1. The number of nitrogens with one attached hydrogen (secondary N) is 2. The number of nitrogens with zero attached hydrogens (tertiary/aromatic N) is 5. The molecule has 2 aromatic heterocycles. The highest BCUT2D eigenvalue weighted by molar-refractivity contribution is 5.94. The Hall–Kier alpha value is -4.02. The Balaban J connectivity index is 1.26. The summed E-state index contributed by atoms with van der Waals surface area (Å²) in [7, 11) is 1.55. The molecule has 230 valence electrons. The molecule has 0 saturated heterocycles. The quantitative estimate of drug-likeness (QED) is 0.433. The molecule has 1 unspecified atom stereocenters. The van der Waals surface area contributed by atoms with Gasteiger partial charge in [-0.3, -0.25) is 19.1 Å². The number of amides is 3. The first-order chi connectivity index (χ1) is 20.8. The Morgan fingerprint density at radius 1 is 1.09 bits per heavy atom. The van der Waals surface area contributed by atoms with Crippen molar-refractivity contribution in [1.29, 1.82) is 0 Å². The van der Waals surface area contributed by atoms with Crippen LogP contribution >= 0.6 is 0 Å². The molecular formula is C32H43N7O4. The summed E-state index contributed by atoms with van der Waals surface area (Å²) in [5.41, 5.74) is 4.67. The van der Waals surface area contributed by atoms with Crippen LogP contribution in [0.2, 0.25) is 0 Å². The topological polar surface area (TPSA) is 131 Å². The Bertz CT molecular complexity index is 1470. The third-order valence-corrected chi connectivity index (χ3v) is 8.30. The lowest BCUT2D eigenvalue weighted by Crippen LogP contribution is -2.40. The van der Waals surface area contributed by atoms with Gasteiger partial charge in [0, 0.05) is 62.7 Å². The fraction of sp³-hybridized carbons (Fsp3) is 0.562. The molecule has 11 heteroatoms. The van der Waals surface area contributed by atoms with Crippen LogP contribution in [-0.4, -0.2) is 75.2 Å². The second-order valence-electron chi connectivity index (χ2n) is 11.9. The number of aryl methyl sites for hydroxylation is 2. The zero-order valence-corrected chi connectivity index (χ0v) is 25.5. The fourth-order valence-corrected chi connectivity index (χ4v) is 5.94. The molecule has 1 aliphatic carbocycles. The fourth-order valence-electron chi connectivity index (χ4n) is 5.94. The molecule has 11 nitrogen and oxygen atoms in total. The van der Waals surface area contributed by atoms with Crippen LogP contribution < -0.4 is 15.4 Å². The van der Waals surface area contributed by atoms with Crippen molar-refractivity contribution in [1.82, 2.24) is 35.3 Å². The summed E-state index contributed by atoms with van der Waals surface area (Å²) in [5, 5.41) is 11.0. The van der Waals surface area contributed by atoms with Gasteiger partial charge < -0.3 is 20.3 Å². The van der Waals surface area contributed by atoms with Gasteiger partial charge in [0.1, 0.15) is 5.69 Å². The largest absolute Gasteiger partial charge is 0.480 e. The third kappa shape index (κ3) is 7.50. The zero-order valence-electron chi connectivity index (χ0n) is 25.5. The van der Waals surface area contributed by atoms with E-state index in [2.05, 4.69) is 34.4 Å². The molecular weight excluding hydrogens is 546 g/mol. The maximum Gasteiger partial charge on any atom is 0.272 e. The predicted molar refractivity (Wildman–Crippen MR) is 163 cm³/mol. The van der Waals surface area contributed by atoms with Crippen molar-refractivity contribution < 1.29 is 19.1 Å². The molecule has 0 fully saturated rings. The number of fused-ring (bicyclic) bond motifs is 2. The van der Waals surface area contributed by atoms with Gasteiger partial charge in [-0.05, 0) is 56.6 Å². The Morgan fingerprint density at radius 3 is 2.63 bits per heavy atom. The van der Waals surface area contributed by atoms with E-state index in [1.807, 2.05) is 28.9 Å². The number of aromatic nitrogens is 4. The van der Waals surface area contributed by atoms with Crippen LogP contribution in [0, 0.1) is 5.92 Å². The number of carbonyl (C=O) groups is 3. The van der Waals surface area contributed by atoms with Crippen LogP contribution in [0.25, 0.3) is 11.0 Å². The highest BCUT2D eigenvalue weighted by Gasteiger charge is 2.30. The minimum absolute atomic E-state index is 0.0231. The number of benzene rings is 1. The SMILES string of the molecule is COc1nc2ccccc2nc1CCC(=O)N1CCCNC(=O)c2nn(CCC(C)C)c3c2CC(CC3)NC(=O)CCC1. The summed E-state index contributed by atoms with van der Waals surface area (Å²) < 4.78 is 7.46. The lowest BCUT2D eigenvalue weighted by molar-refractivity contribution is -0.132. The third-order valence-electron chi connectivity index (χ3n) is 8.30. The molecule has 3 heterocycles. The van der Waals surface area contributed by atoms with E-state index in [-0.39, 0.29) is 30.2 Å². The van der Waals surface area contributed by atoms with Crippen LogP contribution in [0.1, 0.15) is 79.8 Å². The van der Waals surface area contributed by atoms with Gasteiger partial charge in [-0.25, -0.2) is 9.97 Å². The van der Waals surface area contributed by atoms with Crippen LogP contribution in [0.15, 0.2) is 24.3 Å². The summed E-state index contributed by atoms with van der Waals surface area (Å²) in [6, 6.07) is 7.54. The Kier molecular flexibility index (Phi) is 9.89. The summed E-state index contributed by atoms with van der Waals surface area (Å²) in [6.07, 6.45) is 5.34. The van der Waals surface area contributed by atoms with E-state index >= 15 is 0 Å². The summed E-state index contributed by atoms with van der Waals surface area (Å²) in [6.45, 7) is 6.52. The molecule has 0 saturated carbocycles. The van der Waals surface area contributed by atoms with Gasteiger partial charge in [-0.1, -0.05) is 26.0 Å². The normalized spacial score (nSPS) is 18.1. The average Bonchev–Trinajstić information content (AvgIpc) is 3.36.